The van der Waals surface area contributed by atoms with E-state index in [2.05, 4.69) is 50.8 Å². The van der Waals surface area contributed by atoms with E-state index >= 15 is 0 Å². The van der Waals surface area contributed by atoms with E-state index in [9.17, 15) is 0 Å². The summed E-state index contributed by atoms with van der Waals surface area (Å²) in [5, 5.41) is 7.36. The lowest BCUT2D eigenvalue weighted by molar-refractivity contribution is 0.242. The van der Waals surface area contributed by atoms with Crippen LogP contribution in [-0.2, 0) is 6.54 Å². The first-order valence-electron chi connectivity index (χ1n) is 7.00. The Bertz CT molecular complexity index is 424. The van der Waals surface area contributed by atoms with Crippen molar-refractivity contribution in [2.75, 3.05) is 13.1 Å². The van der Waals surface area contributed by atoms with Crippen molar-refractivity contribution in [2.45, 2.75) is 40.7 Å². The Morgan fingerprint density at radius 1 is 1.26 bits per heavy atom. The van der Waals surface area contributed by atoms with E-state index in [0.717, 1.165) is 19.6 Å². The van der Waals surface area contributed by atoms with E-state index in [-0.39, 0.29) is 5.84 Å². The van der Waals surface area contributed by atoms with Gasteiger partial charge < -0.3 is 5.73 Å². The molecular formula is C16H27N3. The fourth-order valence-corrected chi connectivity index (χ4v) is 2.19. The zero-order chi connectivity index (χ0) is 14.4. The van der Waals surface area contributed by atoms with E-state index in [1.165, 1.54) is 16.7 Å². The number of nitrogens with two attached hydrogens (primary N) is 1. The normalized spacial score (nSPS) is 11.3. The highest BCUT2D eigenvalue weighted by atomic mass is 15.1. The van der Waals surface area contributed by atoms with Gasteiger partial charge in [0.25, 0.3) is 0 Å². The molecule has 1 aromatic rings. The topological polar surface area (TPSA) is 53.1 Å². The fourth-order valence-electron chi connectivity index (χ4n) is 2.19. The number of benzene rings is 1. The van der Waals surface area contributed by atoms with Gasteiger partial charge in [0.05, 0.1) is 5.84 Å². The summed E-state index contributed by atoms with van der Waals surface area (Å²) in [7, 11) is 0. The van der Waals surface area contributed by atoms with E-state index in [1.54, 1.807) is 0 Å². The third-order valence-corrected chi connectivity index (χ3v) is 3.30. The lowest BCUT2D eigenvalue weighted by atomic mass is 10.1. The van der Waals surface area contributed by atoms with Crippen LogP contribution >= 0.6 is 0 Å². The van der Waals surface area contributed by atoms with Crippen LogP contribution in [0.4, 0.5) is 0 Å². The maximum Gasteiger partial charge on any atom is 0.0918 e. The second-order valence-corrected chi connectivity index (χ2v) is 5.82. The van der Waals surface area contributed by atoms with Gasteiger partial charge in [0.2, 0.25) is 0 Å². The molecule has 0 spiro atoms. The van der Waals surface area contributed by atoms with Crippen molar-refractivity contribution in [1.29, 1.82) is 5.41 Å². The van der Waals surface area contributed by atoms with Gasteiger partial charge in [-0.2, -0.15) is 0 Å². The molecule has 0 amide bonds. The molecule has 3 N–H and O–H groups in total. The molecule has 1 rings (SSSR count). The highest BCUT2D eigenvalue weighted by Gasteiger charge is 2.09. The van der Waals surface area contributed by atoms with Gasteiger partial charge in [-0.15, -0.1) is 0 Å². The molecule has 0 bridgehead atoms. The fraction of sp³-hybridized carbons (Fsp3) is 0.562. The molecule has 0 aliphatic carbocycles. The number of nitrogens with one attached hydrogen (secondary N) is 1. The Morgan fingerprint density at radius 3 is 2.47 bits per heavy atom. The predicted octanol–water partition coefficient (Wildman–Crippen LogP) is 3.09. The van der Waals surface area contributed by atoms with Crippen molar-refractivity contribution in [3.63, 3.8) is 0 Å². The molecule has 0 atom stereocenters. The first-order chi connectivity index (χ1) is 8.88. The molecule has 0 unspecified atom stereocenters. The van der Waals surface area contributed by atoms with E-state index in [0.29, 0.717) is 12.3 Å². The zero-order valence-electron chi connectivity index (χ0n) is 12.7. The minimum Gasteiger partial charge on any atom is -0.388 e. The Balaban J connectivity index is 2.69. The summed E-state index contributed by atoms with van der Waals surface area (Å²) in [5.41, 5.74) is 9.48. The monoisotopic (exact) mass is 261 g/mol. The SMILES string of the molecule is Cc1ccc(CN(CCC(=N)N)CC(C)C)cc1C. The first-order valence-corrected chi connectivity index (χ1v) is 7.00. The van der Waals surface area contributed by atoms with Crippen LogP contribution in [0, 0.1) is 25.2 Å². The van der Waals surface area contributed by atoms with Crippen molar-refractivity contribution in [3.05, 3.63) is 34.9 Å². The van der Waals surface area contributed by atoms with Crippen molar-refractivity contribution in [1.82, 2.24) is 4.90 Å². The third-order valence-electron chi connectivity index (χ3n) is 3.30. The molecule has 19 heavy (non-hydrogen) atoms. The van der Waals surface area contributed by atoms with Gasteiger partial charge in [-0.25, -0.2) is 0 Å². The molecule has 0 aromatic heterocycles. The van der Waals surface area contributed by atoms with Gasteiger partial charge in [0, 0.05) is 26.1 Å². The van der Waals surface area contributed by atoms with Gasteiger partial charge in [0.1, 0.15) is 0 Å². The molecule has 0 aliphatic rings. The van der Waals surface area contributed by atoms with E-state index in [4.69, 9.17) is 11.1 Å². The molecule has 106 valence electrons. The van der Waals surface area contributed by atoms with Gasteiger partial charge in [-0.05, 0) is 36.5 Å². The van der Waals surface area contributed by atoms with Crippen LogP contribution in [0.5, 0.6) is 0 Å². The summed E-state index contributed by atoms with van der Waals surface area (Å²) in [6.45, 7) is 11.6. The van der Waals surface area contributed by atoms with Crippen LogP contribution in [0.15, 0.2) is 18.2 Å². The molecule has 0 aliphatic heterocycles. The minimum absolute atomic E-state index is 0.272. The lowest BCUT2D eigenvalue weighted by Crippen LogP contribution is -2.30. The highest BCUT2D eigenvalue weighted by molar-refractivity contribution is 5.76. The van der Waals surface area contributed by atoms with Crippen molar-refractivity contribution in [2.24, 2.45) is 11.7 Å². The van der Waals surface area contributed by atoms with Gasteiger partial charge >= 0.3 is 0 Å². The Morgan fingerprint density at radius 2 is 1.95 bits per heavy atom. The van der Waals surface area contributed by atoms with Crippen LogP contribution in [0.1, 0.15) is 37.0 Å². The summed E-state index contributed by atoms with van der Waals surface area (Å²) in [4.78, 5) is 2.39. The number of aryl methyl sites for hydroxylation is 2. The Hall–Kier alpha value is -1.35. The summed E-state index contributed by atoms with van der Waals surface area (Å²) >= 11 is 0. The smallest absolute Gasteiger partial charge is 0.0918 e. The summed E-state index contributed by atoms with van der Waals surface area (Å²) in [5.74, 6) is 0.896. The predicted molar refractivity (Wildman–Crippen MR) is 82.6 cm³/mol. The molecule has 0 fully saturated rings. The van der Waals surface area contributed by atoms with Crippen LogP contribution in [0.25, 0.3) is 0 Å². The zero-order valence-corrected chi connectivity index (χ0v) is 12.7. The molecule has 0 heterocycles. The second-order valence-electron chi connectivity index (χ2n) is 5.82. The maximum absolute atomic E-state index is 7.36. The molecule has 0 saturated carbocycles. The molecule has 1 aromatic carbocycles. The van der Waals surface area contributed by atoms with Gasteiger partial charge in [0.15, 0.2) is 0 Å². The first kappa shape index (κ1) is 15.7. The quantitative estimate of drug-likeness (QED) is 0.585. The number of hydrogen-bond donors (Lipinski definition) is 2. The van der Waals surface area contributed by atoms with Crippen LogP contribution in [0.2, 0.25) is 0 Å². The number of amidine groups is 1. The lowest BCUT2D eigenvalue weighted by Gasteiger charge is -2.24. The van der Waals surface area contributed by atoms with Crippen LogP contribution < -0.4 is 5.73 Å². The highest BCUT2D eigenvalue weighted by Crippen LogP contribution is 2.13. The van der Waals surface area contributed by atoms with Crippen molar-refractivity contribution < 1.29 is 0 Å². The molecule has 3 nitrogen and oxygen atoms in total. The standard InChI is InChI=1S/C16H27N3/c1-12(2)10-19(8-7-16(17)18)11-15-6-5-13(3)14(4)9-15/h5-6,9,12H,7-8,10-11H2,1-4H3,(H3,17,18). The minimum atomic E-state index is 0.272. The molecule has 0 radical (unpaired) electrons. The third kappa shape index (κ3) is 5.88. The van der Waals surface area contributed by atoms with Crippen LogP contribution in [-0.4, -0.2) is 23.8 Å². The largest absolute Gasteiger partial charge is 0.388 e. The Kier molecular flexibility index (Phi) is 6.03. The van der Waals surface area contributed by atoms with Gasteiger partial charge in [-0.1, -0.05) is 32.0 Å². The molecular weight excluding hydrogens is 234 g/mol. The van der Waals surface area contributed by atoms with Crippen molar-refractivity contribution in [3.8, 4) is 0 Å². The summed E-state index contributed by atoms with van der Waals surface area (Å²) in [6, 6.07) is 6.64. The number of nitrogens with zero attached hydrogens (tertiary/aromatic N) is 1. The average Bonchev–Trinajstić information content (AvgIpc) is 2.30. The van der Waals surface area contributed by atoms with E-state index < -0.39 is 0 Å². The number of hydrogen-bond acceptors (Lipinski definition) is 2. The van der Waals surface area contributed by atoms with E-state index in [1.807, 2.05) is 0 Å². The summed E-state index contributed by atoms with van der Waals surface area (Å²) < 4.78 is 0. The Labute approximate surface area is 117 Å². The molecule has 3 heteroatoms. The van der Waals surface area contributed by atoms with Crippen molar-refractivity contribution >= 4 is 5.84 Å². The average molecular weight is 261 g/mol. The van der Waals surface area contributed by atoms with Gasteiger partial charge in [-0.3, -0.25) is 10.3 Å². The summed E-state index contributed by atoms with van der Waals surface area (Å²) in [6.07, 6.45) is 0.650. The second kappa shape index (κ2) is 7.29. The molecule has 0 saturated heterocycles. The maximum atomic E-state index is 7.36. The van der Waals surface area contributed by atoms with Crippen LogP contribution in [0.3, 0.4) is 0 Å². The number of rotatable bonds is 7.